The van der Waals surface area contributed by atoms with E-state index in [0.29, 0.717) is 22.2 Å². The third-order valence-electron chi connectivity index (χ3n) is 2.58. The van der Waals surface area contributed by atoms with Crippen molar-refractivity contribution in [3.8, 4) is 0 Å². The highest BCUT2D eigenvalue weighted by molar-refractivity contribution is 6.33. The molecular weight excluding hydrogens is 264 g/mol. The Balaban J connectivity index is 2.38. The summed E-state index contributed by atoms with van der Waals surface area (Å²) in [7, 11) is 0. The number of halogens is 1. The first-order valence-corrected chi connectivity index (χ1v) is 6.08. The molecule has 0 radical (unpaired) electrons. The van der Waals surface area contributed by atoms with Crippen molar-refractivity contribution in [3.63, 3.8) is 0 Å². The van der Waals surface area contributed by atoms with Crippen LogP contribution in [0.1, 0.15) is 21.6 Å². The van der Waals surface area contributed by atoms with Gasteiger partial charge in [-0.25, -0.2) is 9.78 Å². The van der Waals surface area contributed by atoms with Crippen LogP contribution in [-0.4, -0.2) is 16.1 Å². The van der Waals surface area contributed by atoms with Gasteiger partial charge in [-0.3, -0.25) is 0 Å². The van der Waals surface area contributed by atoms with Gasteiger partial charge in [-0.2, -0.15) is 0 Å². The van der Waals surface area contributed by atoms with Crippen molar-refractivity contribution in [2.24, 2.45) is 0 Å². The molecule has 0 aliphatic rings. The van der Waals surface area contributed by atoms with Crippen molar-refractivity contribution >= 4 is 29.1 Å². The number of hydrogen-bond donors (Lipinski definition) is 2. The molecule has 0 saturated carbocycles. The number of rotatable bonds is 3. The van der Waals surface area contributed by atoms with E-state index in [1.165, 1.54) is 12.1 Å². The van der Waals surface area contributed by atoms with Crippen LogP contribution in [0, 0.1) is 13.8 Å². The van der Waals surface area contributed by atoms with Crippen LogP contribution in [0.25, 0.3) is 0 Å². The normalized spacial score (nSPS) is 10.3. The summed E-state index contributed by atoms with van der Waals surface area (Å²) in [6, 6.07) is 8.57. The first kappa shape index (κ1) is 13.4. The van der Waals surface area contributed by atoms with Gasteiger partial charge >= 0.3 is 5.97 Å². The number of nitrogens with one attached hydrogen (secondary N) is 1. The Kier molecular flexibility index (Phi) is 3.71. The van der Waals surface area contributed by atoms with Gasteiger partial charge in [0.2, 0.25) is 0 Å². The van der Waals surface area contributed by atoms with Crippen molar-refractivity contribution in [2.45, 2.75) is 13.8 Å². The highest BCUT2D eigenvalue weighted by Crippen LogP contribution is 2.26. The summed E-state index contributed by atoms with van der Waals surface area (Å²) in [5, 5.41) is 12.6. The van der Waals surface area contributed by atoms with Crippen LogP contribution in [0.5, 0.6) is 0 Å². The lowest BCUT2D eigenvalue weighted by molar-refractivity contribution is 0.0696. The van der Waals surface area contributed by atoms with E-state index in [0.717, 1.165) is 5.56 Å². The van der Waals surface area contributed by atoms with Gasteiger partial charge in [0.15, 0.2) is 0 Å². The van der Waals surface area contributed by atoms with Crippen LogP contribution in [0.15, 0.2) is 30.3 Å². The minimum atomic E-state index is -0.983. The van der Waals surface area contributed by atoms with E-state index in [9.17, 15) is 4.79 Å². The number of hydrogen-bond acceptors (Lipinski definition) is 3. The lowest BCUT2D eigenvalue weighted by Gasteiger charge is -2.10. The first-order chi connectivity index (χ1) is 8.95. The van der Waals surface area contributed by atoms with Crippen molar-refractivity contribution in [1.29, 1.82) is 0 Å². The molecule has 5 heteroatoms. The van der Waals surface area contributed by atoms with Crippen LogP contribution in [0.3, 0.4) is 0 Å². The summed E-state index contributed by atoms with van der Waals surface area (Å²) in [6.45, 7) is 3.70. The quantitative estimate of drug-likeness (QED) is 0.895. The Bertz CT molecular complexity index is 641. The maximum atomic E-state index is 11.0. The van der Waals surface area contributed by atoms with Crippen molar-refractivity contribution < 1.29 is 9.90 Å². The molecule has 0 spiro atoms. The van der Waals surface area contributed by atoms with Crippen molar-refractivity contribution in [2.75, 3.05) is 5.32 Å². The van der Waals surface area contributed by atoms with Crippen LogP contribution in [-0.2, 0) is 0 Å². The van der Waals surface area contributed by atoms with E-state index in [2.05, 4.69) is 10.3 Å². The molecule has 19 heavy (non-hydrogen) atoms. The third kappa shape index (κ3) is 3.23. The number of carboxylic acids is 1. The predicted octanol–water partition coefficient (Wildman–Crippen LogP) is 3.79. The Morgan fingerprint density at radius 3 is 2.68 bits per heavy atom. The van der Waals surface area contributed by atoms with E-state index in [4.69, 9.17) is 16.7 Å². The highest BCUT2D eigenvalue weighted by atomic mass is 35.5. The van der Waals surface area contributed by atoms with Crippen LogP contribution < -0.4 is 5.32 Å². The fourth-order valence-corrected chi connectivity index (χ4v) is 1.89. The number of carbonyl (C=O) groups is 1. The van der Waals surface area contributed by atoms with E-state index >= 15 is 0 Å². The number of nitrogens with zero attached hydrogens (tertiary/aromatic N) is 1. The second-order valence-electron chi connectivity index (χ2n) is 4.30. The maximum Gasteiger partial charge on any atom is 0.335 e. The Morgan fingerprint density at radius 1 is 1.26 bits per heavy atom. The molecule has 0 amide bonds. The molecule has 1 aromatic heterocycles. The molecule has 0 unspecified atom stereocenters. The zero-order chi connectivity index (χ0) is 14.0. The summed E-state index contributed by atoms with van der Waals surface area (Å²) in [5.41, 5.74) is 2.58. The molecule has 2 aromatic rings. The molecule has 0 aliphatic carbocycles. The fourth-order valence-electron chi connectivity index (χ4n) is 1.73. The molecule has 0 aliphatic heterocycles. The zero-order valence-corrected chi connectivity index (χ0v) is 11.3. The molecule has 1 heterocycles. The van der Waals surface area contributed by atoms with Gasteiger partial charge < -0.3 is 10.4 Å². The lowest BCUT2D eigenvalue weighted by atomic mass is 10.2. The van der Waals surface area contributed by atoms with Crippen LogP contribution in [0.2, 0.25) is 5.02 Å². The second kappa shape index (κ2) is 5.28. The van der Waals surface area contributed by atoms with Gasteiger partial charge in [0.05, 0.1) is 16.3 Å². The summed E-state index contributed by atoms with van der Waals surface area (Å²) in [4.78, 5) is 15.2. The molecule has 0 atom stereocenters. The standard InChI is InChI=1S/C14H13ClN2O2/c1-8-3-4-11(15)12(5-8)17-13-7-10(14(18)19)6-9(2)16-13/h3-7H,1-2H3,(H,16,17)(H,18,19). The summed E-state index contributed by atoms with van der Waals surface area (Å²) in [6.07, 6.45) is 0. The van der Waals surface area contributed by atoms with Gasteiger partial charge in [0, 0.05) is 5.69 Å². The van der Waals surface area contributed by atoms with Crippen LogP contribution >= 0.6 is 11.6 Å². The Labute approximate surface area is 116 Å². The third-order valence-corrected chi connectivity index (χ3v) is 2.91. The van der Waals surface area contributed by atoms with Gasteiger partial charge in [-0.15, -0.1) is 0 Å². The number of carboxylic acid groups (broad SMARTS) is 1. The van der Waals surface area contributed by atoms with Crippen molar-refractivity contribution in [1.82, 2.24) is 4.98 Å². The average molecular weight is 277 g/mol. The second-order valence-corrected chi connectivity index (χ2v) is 4.70. The monoisotopic (exact) mass is 276 g/mol. The molecule has 98 valence electrons. The zero-order valence-electron chi connectivity index (χ0n) is 10.6. The van der Waals surface area contributed by atoms with Crippen molar-refractivity contribution in [3.05, 3.63) is 52.2 Å². The van der Waals surface area contributed by atoms with E-state index in [-0.39, 0.29) is 5.56 Å². The predicted molar refractivity (Wildman–Crippen MR) is 75.4 cm³/mol. The summed E-state index contributed by atoms with van der Waals surface area (Å²) in [5.74, 6) is -0.520. The van der Waals surface area contributed by atoms with Gasteiger partial charge in [-0.05, 0) is 43.7 Å². The molecule has 4 nitrogen and oxygen atoms in total. The summed E-state index contributed by atoms with van der Waals surface area (Å²) < 4.78 is 0. The number of benzene rings is 1. The number of aryl methyl sites for hydroxylation is 2. The number of aromatic carboxylic acids is 1. The molecule has 0 saturated heterocycles. The lowest BCUT2D eigenvalue weighted by Crippen LogP contribution is -2.02. The number of aromatic nitrogens is 1. The summed E-state index contributed by atoms with van der Waals surface area (Å²) >= 11 is 6.08. The van der Waals surface area contributed by atoms with E-state index in [1.54, 1.807) is 13.0 Å². The van der Waals surface area contributed by atoms with E-state index in [1.807, 2.05) is 19.1 Å². The topological polar surface area (TPSA) is 62.2 Å². The smallest absolute Gasteiger partial charge is 0.335 e. The van der Waals surface area contributed by atoms with Gasteiger partial charge in [0.1, 0.15) is 5.82 Å². The molecule has 2 rings (SSSR count). The highest BCUT2D eigenvalue weighted by Gasteiger charge is 2.08. The largest absolute Gasteiger partial charge is 0.478 e. The van der Waals surface area contributed by atoms with Gasteiger partial charge in [-0.1, -0.05) is 17.7 Å². The minimum Gasteiger partial charge on any atom is -0.478 e. The minimum absolute atomic E-state index is 0.193. The van der Waals surface area contributed by atoms with E-state index < -0.39 is 5.97 Å². The fraction of sp³-hybridized carbons (Fsp3) is 0.143. The average Bonchev–Trinajstić information content (AvgIpc) is 2.33. The molecule has 1 aromatic carbocycles. The number of anilines is 2. The molecular formula is C14H13ClN2O2. The SMILES string of the molecule is Cc1ccc(Cl)c(Nc2cc(C(=O)O)cc(C)n2)c1. The Morgan fingerprint density at radius 2 is 2.00 bits per heavy atom. The number of pyridine rings is 1. The first-order valence-electron chi connectivity index (χ1n) is 5.71. The van der Waals surface area contributed by atoms with Gasteiger partial charge in [0.25, 0.3) is 0 Å². The molecule has 2 N–H and O–H groups in total. The molecule has 0 bridgehead atoms. The Hall–Kier alpha value is -2.07. The molecule has 0 fully saturated rings. The van der Waals surface area contributed by atoms with Crippen LogP contribution in [0.4, 0.5) is 11.5 Å². The maximum absolute atomic E-state index is 11.0.